The Morgan fingerprint density at radius 3 is 2.50 bits per heavy atom. The van der Waals surface area contributed by atoms with E-state index in [1.165, 1.54) is 5.56 Å². The monoisotopic (exact) mass is 273 g/mol. The molecule has 0 aliphatic heterocycles. The van der Waals surface area contributed by atoms with Crippen molar-refractivity contribution >= 4 is 0 Å². The van der Waals surface area contributed by atoms with Crippen LogP contribution in [0, 0.1) is 5.92 Å². The van der Waals surface area contributed by atoms with Crippen molar-refractivity contribution in [3.8, 4) is 0 Å². The molecular formula is C18H27NO. The molecule has 1 N–H and O–H groups in total. The third-order valence-corrected chi connectivity index (χ3v) is 2.97. The van der Waals surface area contributed by atoms with Gasteiger partial charge in [-0.05, 0) is 51.7 Å². The molecule has 1 atom stereocenters. The first-order chi connectivity index (χ1) is 9.40. The number of nitrogens with one attached hydrogen (secondary N) is 1. The van der Waals surface area contributed by atoms with Crippen molar-refractivity contribution in [2.75, 3.05) is 6.54 Å². The summed E-state index contributed by atoms with van der Waals surface area (Å²) >= 11 is 0. The molecule has 2 heteroatoms. The van der Waals surface area contributed by atoms with Gasteiger partial charge in [-0.3, -0.25) is 0 Å². The number of aryl methyl sites for hydroxylation is 1. The lowest BCUT2D eigenvalue weighted by atomic mass is 9.99. The number of hydrogen-bond donors (Lipinski definition) is 1. The van der Waals surface area contributed by atoms with E-state index in [1.54, 1.807) is 0 Å². The van der Waals surface area contributed by atoms with Crippen LogP contribution in [0.4, 0.5) is 0 Å². The van der Waals surface area contributed by atoms with Crippen LogP contribution < -0.4 is 5.32 Å². The Kier molecular flexibility index (Phi) is 6.37. The Morgan fingerprint density at radius 1 is 1.30 bits per heavy atom. The minimum Gasteiger partial charge on any atom is -0.474 e. The van der Waals surface area contributed by atoms with E-state index in [0.717, 1.165) is 19.4 Å². The van der Waals surface area contributed by atoms with Gasteiger partial charge in [0.05, 0.1) is 0 Å². The van der Waals surface area contributed by atoms with Gasteiger partial charge in [-0.25, -0.2) is 0 Å². The quantitative estimate of drug-likeness (QED) is 0.563. The van der Waals surface area contributed by atoms with Crippen LogP contribution in [-0.4, -0.2) is 12.1 Å². The van der Waals surface area contributed by atoms with Crippen LogP contribution in [0.25, 0.3) is 0 Å². The highest BCUT2D eigenvalue weighted by Crippen LogP contribution is 2.13. The Bertz CT molecular complexity index is 417. The zero-order valence-corrected chi connectivity index (χ0v) is 13.0. The van der Waals surface area contributed by atoms with Gasteiger partial charge in [0.25, 0.3) is 0 Å². The number of benzene rings is 1. The van der Waals surface area contributed by atoms with Crippen molar-refractivity contribution in [3.05, 3.63) is 61.0 Å². The summed E-state index contributed by atoms with van der Waals surface area (Å²) in [5.74, 6) is 1.04. The van der Waals surface area contributed by atoms with Crippen molar-refractivity contribution < 1.29 is 4.74 Å². The first kappa shape index (κ1) is 16.4. The summed E-state index contributed by atoms with van der Waals surface area (Å²) in [6.45, 7) is 14.7. The maximum absolute atomic E-state index is 5.66. The lowest BCUT2D eigenvalue weighted by Gasteiger charge is -2.24. The highest BCUT2D eigenvalue weighted by atomic mass is 16.5. The van der Waals surface area contributed by atoms with Gasteiger partial charge in [-0.2, -0.15) is 0 Å². The summed E-state index contributed by atoms with van der Waals surface area (Å²) in [4.78, 5) is 0. The molecule has 2 nitrogen and oxygen atoms in total. The Morgan fingerprint density at radius 2 is 1.95 bits per heavy atom. The lowest BCUT2D eigenvalue weighted by Crippen LogP contribution is -2.28. The van der Waals surface area contributed by atoms with E-state index >= 15 is 0 Å². The van der Waals surface area contributed by atoms with E-state index < -0.39 is 0 Å². The molecule has 0 spiro atoms. The van der Waals surface area contributed by atoms with Crippen LogP contribution in [0.5, 0.6) is 0 Å². The van der Waals surface area contributed by atoms with Gasteiger partial charge >= 0.3 is 0 Å². The molecule has 1 aromatic rings. The molecule has 20 heavy (non-hydrogen) atoms. The molecule has 0 saturated carbocycles. The Balaban J connectivity index is 2.33. The summed E-state index contributed by atoms with van der Waals surface area (Å²) in [7, 11) is 0. The molecular weight excluding hydrogens is 246 g/mol. The zero-order chi connectivity index (χ0) is 15.0. The molecule has 0 radical (unpaired) electrons. The van der Waals surface area contributed by atoms with Crippen LogP contribution in [-0.2, 0) is 11.2 Å². The predicted octanol–water partition coefficient (Wildman–Crippen LogP) is 4.30. The van der Waals surface area contributed by atoms with Crippen LogP contribution >= 0.6 is 0 Å². The van der Waals surface area contributed by atoms with Gasteiger partial charge in [-0.1, -0.05) is 36.4 Å². The number of hydrogen-bond acceptors (Lipinski definition) is 2. The normalized spacial score (nSPS) is 12.6. The SMILES string of the molecule is C=CC(CCc1ccccc1)CNC(=C)OC(C)(C)C. The second kappa shape index (κ2) is 7.78. The molecule has 0 heterocycles. The van der Waals surface area contributed by atoms with Crippen molar-refractivity contribution in [1.82, 2.24) is 5.32 Å². The van der Waals surface area contributed by atoms with Gasteiger partial charge in [0.15, 0.2) is 5.88 Å². The number of ether oxygens (including phenoxy) is 1. The average molecular weight is 273 g/mol. The standard InChI is InChI=1S/C18H27NO/c1-6-16(12-13-17-10-8-7-9-11-17)14-19-15(2)20-18(3,4)5/h6-11,16,19H,1-2,12-14H2,3-5H3. The van der Waals surface area contributed by atoms with Crippen LogP contribution in [0.15, 0.2) is 55.4 Å². The maximum atomic E-state index is 5.66. The summed E-state index contributed by atoms with van der Waals surface area (Å²) < 4.78 is 5.66. The third-order valence-electron chi connectivity index (χ3n) is 2.97. The van der Waals surface area contributed by atoms with E-state index in [4.69, 9.17) is 4.74 Å². The molecule has 110 valence electrons. The van der Waals surface area contributed by atoms with Crippen molar-refractivity contribution in [3.63, 3.8) is 0 Å². The molecule has 0 aliphatic carbocycles. The molecule has 0 aromatic heterocycles. The highest BCUT2D eigenvalue weighted by Gasteiger charge is 2.13. The molecule has 1 aromatic carbocycles. The fourth-order valence-electron chi connectivity index (χ4n) is 1.95. The van der Waals surface area contributed by atoms with E-state index in [1.807, 2.05) is 32.9 Å². The molecule has 0 amide bonds. The topological polar surface area (TPSA) is 21.3 Å². The highest BCUT2D eigenvalue weighted by molar-refractivity contribution is 5.14. The van der Waals surface area contributed by atoms with Gasteiger partial charge in [0.1, 0.15) is 5.60 Å². The van der Waals surface area contributed by atoms with Crippen molar-refractivity contribution in [2.45, 2.75) is 39.2 Å². The maximum Gasteiger partial charge on any atom is 0.179 e. The van der Waals surface area contributed by atoms with E-state index in [-0.39, 0.29) is 5.60 Å². The fourth-order valence-corrected chi connectivity index (χ4v) is 1.95. The van der Waals surface area contributed by atoms with Crippen LogP contribution in [0.2, 0.25) is 0 Å². The third kappa shape index (κ3) is 7.03. The van der Waals surface area contributed by atoms with Crippen molar-refractivity contribution in [1.29, 1.82) is 0 Å². The first-order valence-electron chi connectivity index (χ1n) is 7.19. The molecule has 1 unspecified atom stereocenters. The van der Waals surface area contributed by atoms with Gasteiger partial charge < -0.3 is 10.1 Å². The fraction of sp³-hybridized carbons (Fsp3) is 0.444. The smallest absolute Gasteiger partial charge is 0.179 e. The lowest BCUT2D eigenvalue weighted by molar-refractivity contribution is 0.0409. The van der Waals surface area contributed by atoms with Crippen LogP contribution in [0.1, 0.15) is 32.8 Å². The van der Waals surface area contributed by atoms with E-state index in [9.17, 15) is 0 Å². The van der Waals surface area contributed by atoms with Crippen LogP contribution in [0.3, 0.4) is 0 Å². The minimum absolute atomic E-state index is 0.211. The van der Waals surface area contributed by atoms with Crippen molar-refractivity contribution in [2.24, 2.45) is 5.92 Å². The summed E-state index contributed by atoms with van der Waals surface area (Å²) in [6, 6.07) is 10.5. The molecule has 0 bridgehead atoms. The van der Waals surface area contributed by atoms with Gasteiger partial charge in [0.2, 0.25) is 0 Å². The Labute approximate surface area is 123 Å². The van der Waals surface area contributed by atoms with Gasteiger partial charge in [0, 0.05) is 6.54 Å². The molecule has 0 saturated heterocycles. The summed E-state index contributed by atoms with van der Waals surface area (Å²) in [5.41, 5.74) is 1.15. The average Bonchev–Trinajstić information content (AvgIpc) is 2.38. The second-order valence-corrected chi connectivity index (χ2v) is 6.04. The zero-order valence-electron chi connectivity index (χ0n) is 13.0. The van der Waals surface area contributed by atoms with E-state index in [0.29, 0.717) is 11.8 Å². The first-order valence-corrected chi connectivity index (χ1v) is 7.19. The molecule has 0 fully saturated rings. The minimum atomic E-state index is -0.211. The molecule has 0 aliphatic rings. The second-order valence-electron chi connectivity index (χ2n) is 6.04. The predicted molar refractivity (Wildman–Crippen MR) is 86.4 cm³/mol. The van der Waals surface area contributed by atoms with E-state index in [2.05, 4.69) is 42.7 Å². The molecule has 1 rings (SSSR count). The number of rotatable bonds is 8. The van der Waals surface area contributed by atoms with Gasteiger partial charge in [-0.15, -0.1) is 6.58 Å². The summed E-state index contributed by atoms with van der Waals surface area (Å²) in [6.07, 6.45) is 4.13. The summed E-state index contributed by atoms with van der Waals surface area (Å²) in [5, 5.41) is 3.24. The largest absolute Gasteiger partial charge is 0.474 e. The Hall–Kier alpha value is -1.70.